The van der Waals surface area contributed by atoms with Crippen molar-refractivity contribution >= 4 is 5.69 Å². The zero-order valence-electron chi connectivity index (χ0n) is 12.0. The molecule has 1 aliphatic heterocycles. The van der Waals surface area contributed by atoms with E-state index in [9.17, 15) is 5.26 Å². The molecular weight excluding hydrogens is 268 g/mol. The molecule has 0 saturated carbocycles. The quantitative estimate of drug-likeness (QED) is 0.825. The summed E-state index contributed by atoms with van der Waals surface area (Å²) < 4.78 is 7.28. The molecule has 1 saturated heterocycles. The molecule has 0 unspecified atom stereocenters. The van der Waals surface area contributed by atoms with Gasteiger partial charge >= 0.3 is 0 Å². The number of rotatable bonds is 3. The van der Waals surface area contributed by atoms with Crippen molar-refractivity contribution in [2.75, 3.05) is 25.1 Å². The van der Waals surface area contributed by atoms with Crippen molar-refractivity contribution in [2.24, 2.45) is 7.05 Å². The molecule has 7 nitrogen and oxygen atoms in total. The van der Waals surface area contributed by atoms with Crippen LogP contribution in [-0.2, 0) is 11.8 Å². The first-order chi connectivity index (χ1) is 10.2. The number of hydrogen-bond donors (Lipinski definition) is 0. The summed E-state index contributed by atoms with van der Waals surface area (Å²) in [4.78, 5) is 6.24. The Kier molecular flexibility index (Phi) is 3.54. The lowest BCUT2D eigenvalue weighted by Gasteiger charge is -2.18. The van der Waals surface area contributed by atoms with Crippen LogP contribution in [-0.4, -0.2) is 46.3 Å². The lowest BCUT2D eigenvalue weighted by Crippen LogP contribution is -2.23. The van der Waals surface area contributed by atoms with E-state index in [0.29, 0.717) is 12.2 Å². The van der Waals surface area contributed by atoms with Crippen molar-refractivity contribution < 1.29 is 4.74 Å². The molecule has 0 radical (unpaired) electrons. The van der Waals surface area contributed by atoms with E-state index in [4.69, 9.17) is 4.74 Å². The summed E-state index contributed by atoms with van der Waals surface area (Å²) in [6.07, 6.45) is 3.56. The van der Waals surface area contributed by atoms with Gasteiger partial charge in [-0.05, 0) is 12.1 Å². The number of aryl methyl sites for hydroxylation is 1. The zero-order chi connectivity index (χ0) is 14.8. The highest BCUT2D eigenvalue weighted by atomic mass is 16.5. The second kappa shape index (κ2) is 5.50. The predicted molar refractivity (Wildman–Crippen MR) is 75.7 cm³/mol. The van der Waals surface area contributed by atoms with E-state index in [1.165, 1.54) is 0 Å². The highest BCUT2D eigenvalue weighted by molar-refractivity contribution is 5.57. The molecule has 3 heterocycles. The molecule has 2 atom stereocenters. The summed E-state index contributed by atoms with van der Waals surface area (Å²) in [5.74, 6) is 0.135. The molecule has 2 aromatic rings. The third kappa shape index (κ3) is 2.45. The van der Waals surface area contributed by atoms with Crippen LogP contribution in [0.4, 0.5) is 5.69 Å². The summed E-state index contributed by atoms with van der Waals surface area (Å²) in [6.45, 7) is 1.44. The fraction of sp³-hybridized carbons (Fsp3) is 0.429. The molecule has 1 fully saturated rings. The summed E-state index contributed by atoms with van der Waals surface area (Å²) in [6, 6.07) is 5.89. The third-order valence-electron chi connectivity index (χ3n) is 3.80. The Morgan fingerprint density at radius 3 is 2.95 bits per heavy atom. The molecule has 0 aliphatic carbocycles. The van der Waals surface area contributed by atoms with Gasteiger partial charge in [-0.3, -0.25) is 4.68 Å². The number of nitriles is 1. The molecule has 108 valence electrons. The molecule has 0 aromatic carbocycles. The van der Waals surface area contributed by atoms with E-state index >= 15 is 0 Å². The van der Waals surface area contributed by atoms with Gasteiger partial charge in [0.1, 0.15) is 6.07 Å². The van der Waals surface area contributed by atoms with Gasteiger partial charge in [0.15, 0.2) is 5.69 Å². The highest BCUT2D eigenvalue weighted by Gasteiger charge is 2.36. The zero-order valence-corrected chi connectivity index (χ0v) is 12.0. The second-order valence-electron chi connectivity index (χ2n) is 5.09. The van der Waals surface area contributed by atoms with Crippen LogP contribution in [0.1, 0.15) is 17.3 Å². The minimum absolute atomic E-state index is 0.0217. The fourth-order valence-corrected chi connectivity index (χ4v) is 2.77. The SMILES string of the molecule is CO[C@@H]1CN(c2cccnc2C#N)C[C@H]1c1cn(C)nn1. The maximum absolute atomic E-state index is 9.19. The Bertz CT molecular complexity index is 676. The second-order valence-corrected chi connectivity index (χ2v) is 5.09. The van der Waals surface area contributed by atoms with Crippen molar-refractivity contribution in [3.8, 4) is 6.07 Å². The maximum Gasteiger partial charge on any atom is 0.163 e. The van der Waals surface area contributed by atoms with E-state index in [0.717, 1.165) is 17.9 Å². The third-order valence-corrected chi connectivity index (χ3v) is 3.80. The first-order valence-electron chi connectivity index (χ1n) is 6.72. The van der Waals surface area contributed by atoms with E-state index in [2.05, 4.69) is 26.3 Å². The number of nitrogens with zero attached hydrogens (tertiary/aromatic N) is 6. The molecule has 0 amide bonds. The minimum Gasteiger partial charge on any atom is -0.379 e. The Labute approximate surface area is 122 Å². The van der Waals surface area contributed by atoms with Gasteiger partial charge in [-0.25, -0.2) is 4.98 Å². The molecule has 0 N–H and O–H groups in total. The average Bonchev–Trinajstić information content (AvgIpc) is 3.12. The number of hydrogen-bond acceptors (Lipinski definition) is 6. The molecule has 2 aromatic heterocycles. The van der Waals surface area contributed by atoms with E-state index in [1.807, 2.05) is 25.4 Å². The number of ether oxygens (including phenoxy) is 1. The summed E-state index contributed by atoms with van der Waals surface area (Å²) in [7, 11) is 3.55. The smallest absolute Gasteiger partial charge is 0.163 e. The molecule has 7 heteroatoms. The lowest BCUT2D eigenvalue weighted by atomic mass is 10.0. The van der Waals surface area contributed by atoms with Gasteiger partial charge in [0, 0.05) is 39.6 Å². The van der Waals surface area contributed by atoms with Crippen LogP contribution in [0.2, 0.25) is 0 Å². The Morgan fingerprint density at radius 2 is 2.29 bits per heavy atom. The Morgan fingerprint density at radius 1 is 1.43 bits per heavy atom. The van der Waals surface area contributed by atoms with Crippen LogP contribution in [0.3, 0.4) is 0 Å². The maximum atomic E-state index is 9.19. The van der Waals surface area contributed by atoms with Crippen LogP contribution >= 0.6 is 0 Å². The molecule has 1 aliphatic rings. The van der Waals surface area contributed by atoms with Crippen LogP contribution in [0, 0.1) is 11.3 Å². The normalized spacial score (nSPS) is 21.5. The van der Waals surface area contributed by atoms with Crippen LogP contribution in [0.15, 0.2) is 24.5 Å². The average molecular weight is 284 g/mol. The van der Waals surface area contributed by atoms with Gasteiger partial charge in [-0.1, -0.05) is 5.21 Å². The standard InChI is InChI=1S/C14H16N6O/c1-19-8-12(17-18-19)10-7-20(9-14(10)21-2)13-4-3-5-16-11(13)6-15/h3-5,8,10,14H,7,9H2,1-2H3/t10-,14+/m0/s1. The number of aromatic nitrogens is 4. The summed E-state index contributed by atoms with van der Waals surface area (Å²) in [5.41, 5.74) is 2.19. The van der Waals surface area contributed by atoms with Gasteiger partial charge in [-0.2, -0.15) is 5.26 Å². The van der Waals surface area contributed by atoms with E-state index in [1.54, 1.807) is 18.0 Å². The fourth-order valence-electron chi connectivity index (χ4n) is 2.77. The van der Waals surface area contributed by atoms with Crippen molar-refractivity contribution in [1.82, 2.24) is 20.0 Å². The summed E-state index contributed by atoms with van der Waals surface area (Å²) in [5, 5.41) is 17.4. The Hall–Kier alpha value is -2.46. The van der Waals surface area contributed by atoms with Gasteiger partial charge in [0.25, 0.3) is 0 Å². The monoisotopic (exact) mass is 284 g/mol. The van der Waals surface area contributed by atoms with Gasteiger partial charge in [-0.15, -0.1) is 5.10 Å². The van der Waals surface area contributed by atoms with E-state index < -0.39 is 0 Å². The first kappa shape index (κ1) is 13.5. The van der Waals surface area contributed by atoms with Gasteiger partial charge < -0.3 is 9.64 Å². The molecular formula is C14H16N6O. The minimum atomic E-state index is 0.0217. The number of methoxy groups -OCH3 is 1. The van der Waals surface area contributed by atoms with Crippen LogP contribution < -0.4 is 4.90 Å². The van der Waals surface area contributed by atoms with Crippen LogP contribution in [0.25, 0.3) is 0 Å². The highest BCUT2D eigenvalue weighted by Crippen LogP contribution is 2.32. The number of pyridine rings is 1. The first-order valence-corrected chi connectivity index (χ1v) is 6.72. The van der Waals surface area contributed by atoms with E-state index in [-0.39, 0.29) is 12.0 Å². The molecule has 0 spiro atoms. The van der Waals surface area contributed by atoms with Crippen molar-refractivity contribution in [1.29, 1.82) is 5.26 Å². The molecule has 3 rings (SSSR count). The summed E-state index contributed by atoms with van der Waals surface area (Å²) >= 11 is 0. The van der Waals surface area contributed by atoms with Gasteiger partial charge in [0.05, 0.1) is 23.4 Å². The molecule has 0 bridgehead atoms. The van der Waals surface area contributed by atoms with Crippen molar-refractivity contribution in [3.05, 3.63) is 35.9 Å². The number of anilines is 1. The molecule has 21 heavy (non-hydrogen) atoms. The predicted octanol–water partition coefficient (Wildman–Crippen LogP) is 0.701. The Balaban J connectivity index is 1.89. The topological polar surface area (TPSA) is 79.9 Å². The van der Waals surface area contributed by atoms with Crippen molar-refractivity contribution in [2.45, 2.75) is 12.0 Å². The van der Waals surface area contributed by atoms with Crippen molar-refractivity contribution in [3.63, 3.8) is 0 Å². The van der Waals surface area contributed by atoms with Gasteiger partial charge in [0.2, 0.25) is 0 Å². The lowest BCUT2D eigenvalue weighted by molar-refractivity contribution is 0.105. The van der Waals surface area contributed by atoms with Crippen LogP contribution in [0.5, 0.6) is 0 Å². The largest absolute Gasteiger partial charge is 0.379 e.